The lowest BCUT2D eigenvalue weighted by Gasteiger charge is -2.11. The highest BCUT2D eigenvalue weighted by molar-refractivity contribution is 8.00. The summed E-state index contributed by atoms with van der Waals surface area (Å²) in [5.41, 5.74) is 2.47. The number of fused-ring (bicyclic) bond motifs is 5. The van der Waals surface area contributed by atoms with Crippen LogP contribution in [0.15, 0.2) is 10.3 Å². The summed E-state index contributed by atoms with van der Waals surface area (Å²) in [5, 5.41) is 12.6. The quantitative estimate of drug-likeness (QED) is 0.516. The van der Waals surface area contributed by atoms with E-state index in [4.69, 9.17) is 4.98 Å². The van der Waals surface area contributed by atoms with Crippen LogP contribution in [-0.4, -0.2) is 31.1 Å². The van der Waals surface area contributed by atoms with E-state index in [2.05, 4.69) is 28.4 Å². The Labute approximate surface area is 142 Å². The summed E-state index contributed by atoms with van der Waals surface area (Å²) in [5.74, 6) is 0. The van der Waals surface area contributed by atoms with Crippen molar-refractivity contribution in [1.29, 1.82) is 0 Å². The van der Waals surface area contributed by atoms with E-state index in [0.29, 0.717) is 5.25 Å². The van der Waals surface area contributed by atoms with Gasteiger partial charge >= 0.3 is 0 Å². The number of thioether (sulfide) groups is 2. The lowest BCUT2D eigenvalue weighted by Crippen LogP contribution is -2.02. The first-order valence-electron chi connectivity index (χ1n) is 7.59. The van der Waals surface area contributed by atoms with Gasteiger partial charge in [-0.15, -0.1) is 21.5 Å². The second-order valence-corrected chi connectivity index (χ2v) is 9.20. The molecule has 0 N–H and O–H groups in total. The van der Waals surface area contributed by atoms with E-state index in [1.807, 2.05) is 17.6 Å². The van der Waals surface area contributed by atoms with Gasteiger partial charge in [-0.25, -0.2) is 9.38 Å². The van der Waals surface area contributed by atoms with Gasteiger partial charge in [0, 0.05) is 10.1 Å². The highest BCUT2D eigenvalue weighted by atomic mass is 32.2. The van der Waals surface area contributed by atoms with Crippen LogP contribution in [-0.2, 0) is 12.8 Å². The third-order valence-corrected chi connectivity index (χ3v) is 6.69. The molecule has 3 aromatic heterocycles. The van der Waals surface area contributed by atoms with E-state index in [9.17, 15) is 0 Å². The average molecular weight is 351 g/mol. The first-order valence-corrected chi connectivity index (χ1v) is 10.5. The van der Waals surface area contributed by atoms with Crippen LogP contribution in [0.4, 0.5) is 0 Å². The van der Waals surface area contributed by atoms with Crippen LogP contribution in [0.5, 0.6) is 0 Å². The molecule has 0 aromatic carbocycles. The van der Waals surface area contributed by atoms with Gasteiger partial charge in [-0.2, -0.15) is 0 Å². The Balaban J connectivity index is 2.07. The SMILES string of the molecule is CSc1nnc2c3c4c(sc3nc(SC(C)C)n12)CCCC4. The highest BCUT2D eigenvalue weighted by Crippen LogP contribution is 2.39. The Hall–Kier alpha value is -0.790. The monoisotopic (exact) mass is 350 g/mol. The third kappa shape index (κ3) is 2.25. The number of aromatic nitrogens is 4. The molecule has 0 atom stereocenters. The smallest absolute Gasteiger partial charge is 0.197 e. The Kier molecular flexibility index (Phi) is 3.82. The van der Waals surface area contributed by atoms with Gasteiger partial charge in [0.25, 0.3) is 0 Å². The van der Waals surface area contributed by atoms with Gasteiger partial charge in [-0.05, 0) is 37.5 Å². The topological polar surface area (TPSA) is 43.1 Å². The minimum absolute atomic E-state index is 0.486. The zero-order valence-corrected chi connectivity index (χ0v) is 15.4. The standard InChI is InChI=1S/C15H18N4S3/c1-8(2)21-14-16-13-11(9-6-4-5-7-10(9)22-13)12-17-18-15(20-3)19(12)14/h8H,4-7H2,1-3H3. The number of nitrogens with zero attached hydrogens (tertiary/aromatic N) is 4. The van der Waals surface area contributed by atoms with Crippen LogP contribution in [0, 0.1) is 0 Å². The second-order valence-electron chi connectivity index (χ2n) is 5.80. The van der Waals surface area contributed by atoms with Crippen molar-refractivity contribution in [2.75, 3.05) is 6.26 Å². The molecule has 7 heteroatoms. The van der Waals surface area contributed by atoms with E-state index >= 15 is 0 Å². The van der Waals surface area contributed by atoms with Crippen molar-refractivity contribution in [3.63, 3.8) is 0 Å². The minimum atomic E-state index is 0.486. The average Bonchev–Trinajstić information content (AvgIpc) is 3.06. The molecule has 0 amide bonds. The van der Waals surface area contributed by atoms with Crippen molar-refractivity contribution < 1.29 is 0 Å². The summed E-state index contributed by atoms with van der Waals surface area (Å²) in [4.78, 5) is 7.63. The zero-order valence-electron chi connectivity index (χ0n) is 12.9. The Bertz CT molecular complexity index is 850. The van der Waals surface area contributed by atoms with Crippen LogP contribution >= 0.6 is 34.9 Å². The van der Waals surface area contributed by atoms with Gasteiger partial charge in [0.15, 0.2) is 16.0 Å². The van der Waals surface area contributed by atoms with Crippen molar-refractivity contribution in [1.82, 2.24) is 19.6 Å². The molecule has 0 radical (unpaired) electrons. The van der Waals surface area contributed by atoms with E-state index in [1.165, 1.54) is 35.1 Å². The lowest BCUT2D eigenvalue weighted by molar-refractivity contribution is 0.700. The molecule has 3 aromatic rings. The van der Waals surface area contributed by atoms with Gasteiger partial charge < -0.3 is 0 Å². The molecule has 22 heavy (non-hydrogen) atoms. The fraction of sp³-hybridized carbons (Fsp3) is 0.533. The zero-order chi connectivity index (χ0) is 15.3. The fourth-order valence-corrected chi connectivity index (χ4v) is 5.72. The molecule has 0 unspecified atom stereocenters. The summed E-state index contributed by atoms with van der Waals surface area (Å²) in [7, 11) is 0. The van der Waals surface area contributed by atoms with E-state index < -0.39 is 0 Å². The number of aryl methyl sites for hydroxylation is 2. The molecule has 0 aliphatic heterocycles. The Morgan fingerprint density at radius 2 is 1.95 bits per heavy atom. The Morgan fingerprint density at radius 1 is 1.14 bits per heavy atom. The van der Waals surface area contributed by atoms with E-state index in [-0.39, 0.29) is 0 Å². The summed E-state index contributed by atoms with van der Waals surface area (Å²) < 4.78 is 2.15. The molecule has 0 saturated carbocycles. The maximum atomic E-state index is 4.98. The minimum Gasteiger partial charge on any atom is -0.248 e. The molecular weight excluding hydrogens is 332 g/mol. The molecule has 1 aliphatic rings. The molecule has 0 saturated heterocycles. The normalized spacial score (nSPS) is 15.1. The molecule has 0 bridgehead atoms. The van der Waals surface area contributed by atoms with Crippen molar-refractivity contribution in [2.45, 2.75) is 55.1 Å². The van der Waals surface area contributed by atoms with Gasteiger partial charge in [0.05, 0.1) is 5.39 Å². The second kappa shape index (κ2) is 5.69. The number of hydrogen-bond acceptors (Lipinski definition) is 6. The summed E-state index contributed by atoms with van der Waals surface area (Å²) in [6.07, 6.45) is 6.97. The molecule has 4 rings (SSSR count). The molecule has 3 heterocycles. The van der Waals surface area contributed by atoms with Crippen LogP contribution in [0.1, 0.15) is 37.1 Å². The van der Waals surface area contributed by atoms with Gasteiger partial charge in [-0.1, -0.05) is 37.4 Å². The van der Waals surface area contributed by atoms with Gasteiger partial charge in [-0.3, -0.25) is 0 Å². The number of hydrogen-bond donors (Lipinski definition) is 0. The highest BCUT2D eigenvalue weighted by Gasteiger charge is 2.23. The van der Waals surface area contributed by atoms with Crippen LogP contribution in [0.25, 0.3) is 15.9 Å². The van der Waals surface area contributed by atoms with Crippen molar-refractivity contribution in [3.05, 3.63) is 10.4 Å². The Morgan fingerprint density at radius 3 is 2.73 bits per heavy atom. The lowest BCUT2D eigenvalue weighted by atomic mass is 9.97. The molecule has 1 aliphatic carbocycles. The molecule has 4 nitrogen and oxygen atoms in total. The van der Waals surface area contributed by atoms with Crippen molar-refractivity contribution in [3.8, 4) is 0 Å². The van der Waals surface area contributed by atoms with Crippen molar-refractivity contribution >= 4 is 50.7 Å². The summed E-state index contributed by atoms with van der Waals surface area (Å²) in [6.45, 7) is 4.40. The summed E-state index contributed by atoms with van der Waals surface area (Å²) >= 11 is 5.28. The van der Waals surface area contributed by atoms with E-state index in [0.717, 1.165) is 27.2 Å². The molecule has 0 spiro atoms. The van der Waals surface area contributed by atoms with Crippen LogP contribution in [0.3, 0.4) is 0 Å². The first kappa shape index (κ1) is 14.8. The van der Waals surface area contributed by atoms with Crippen molar-refractivity contribution in [2.24, 2.45) is 0 Å². The molecule has 0 fully saturated rings. The van der Waals surface area contributed by atoms with Gasteiger partial charge in [0.2, 0.25) is 0 Å². The van der Waals surface area contributed by atoms with Gasteiger partial charge in [0.1, 0.15) is 4.83 Å². The maximum Gasteiger partial charge on any atom is 0.197 e. The van der Waals surface area contributed by atoms with Crippen LogP contribution < -0.4 is 0 Å². The largest absolute Gasteiger partial charge is 0.248 e. The summed E-state index contributed by atoms with van der Waals surface area (Å²) in [6, 6.07) is 0. The maximum absolute atomic E-state index is 4.98. The molecular formula is C15H18N4S3. The predicted octanol–water partition coefficient (Wildman–Crippen LogP) is 4.44. The van der Waals surface area contributed by atoms with Crippen LogP contribution in [0.2, 0.25) is 0 Å². The fourth-order valence-electron chi connectivity index (χ4n) is 3.02. The predicted molar refractivity (Wildman–Crippen MR) is 95.6 cm³/mol. The number of thiophene rings is 1. The van der Waals surface area contributed by atoms with E-state index in [1.54, 1.807) is 23.5 Å². The number of rotatable bonds is 3. The first-order chi connectivity index (χ1) is 10.7. The third-order valence-electron chi connectivity index (χ3n) is 3.92. The molecule has 116 valence electrons.